The predicted octanol–water partition coefficient (Wildman–Crippen LogP) is 0.380. The van der Waals surface area contributed by atoms with Crippen LogP contribution in [0.15, 0.2) is 35.3 Å². The van der Waals surface area contributed by atoms with Crippen LogP contribution in [-0.2, 0) is 20.0 Å². The van der Waals surface area contributed by atoms with E-state index in [-0.39, 0.29) is 25.4 Å². The van der Waals surface area contributed by atoms with Crippen LogP contribution in [0.3, 0.4) is 0 Å². The first-order chi connectivity index (χ1) is 15.9. The Morgan fingerprint density at radius 2 is 1.68 bits per heavy atom. The molecule has 0 amide bonds. The lowest BCUT2D eigenvalue weighted by molar-refractivity contribution is 0.211. The fourth-order valence-corrected chi connectivity index (χ4v) is 5.96. The molecule has 2 aromatic rings. The molecule has 3 heterocycles. The minimum atomic E-state index is -3.37. The van der Waals surface area contributed by atoms with Gasteiger partial charge in [-0.3, -0.25) is 4.79 Å². The van der Waals surface area contributed by atoms with Crippen LogP contribution in [0.1, 0.15) is 6.42 Å². The number of hydrogen-bond acceptors (Lipinski definition) is 8. The molecule has 34 heavy (non-hydrogen) atoms. The Hall–Kier alpha value is -2.19. The average molecular weight is 532 g/mol. The molecule has 14 heteroatoms. The molecule has 0 N–H and O–H groups in total. The van der Waals surface area contributed by atoms with Gasteiger partial charge in [0.05, 0.1) is 30.9 Å². The Morgan fingerprint density at radius 1 is 1.00 bits per heavy atom. The van der Waals surface area contributed by atoms with Gasteiger partial charge in [-0.25, -0.2) is 16.8 Å². The predicted molar refractivity (Wildman–Crippen MR) is 129 cm³/mol. The van der Waals surface area contributed by atoms with Crippen molar-refractivity contribution in [3.05, 3.63) is 45.8 Å². The second-order valence-electron chi connectivity index (χ2n) is 8.35. The minimum Gasteiger partial charge on any atom is -0.481 e. The van der Waals surface area contributed by atoms with Gasteiger partial charge in [0.2, 0.25) is 25.8 Å². The van der Waals surface area contributed by atoms with Gasteiger partial charge in [0.15, 0.2) is 0 Å². The van der Waals surface area contributed by atoms with Crippen molar-refractivity contribution in [2.45, 2.75) is 12.5 Å². The summed E-state index contributed by atoms with van der Waals surface area (Å²) in [6.45, 7) is 1.68. The highest BCUT2D eigenvalue weighted by Crippen LogP contribution is 2.29. The monoisotopic (exact) mass is 531 g/mol. The first kappa shape index (κ1) is 24.9. The molecule has 0 radical (unpaired) electrons. The van der Waals surface area contributed by atoms with Crippen molar-refractivity contribution in [2.75, 3.05) is 56.7 Å². The number of ether oxygens (including phenoxy) is 1. The van der Waals surface area contributed by atoms with Crippen molar-refractivity contribution in [1.82, 2.24) is 18.4 Å². The quantitative estimate of drug-likeness (QED) is 0.524. The lowest BCUT2D eigenvalue weighted by atomic mass is 10.2. The number of nitrogens with zero attached hydrogens (tertiary/aromatic N) is 5. The smallest absolute Gasteiger partial charge is 0.316 e. The van der Waals surface area contributed by atoms with Crippen molar-refractivity contribution in [1.29, 1.82) is 0 Å². The second-order valence-corrected chi connectivity index (χ2v) is 12.8. The van der Waals surface area contributed by atoms with Gasteiger partial charge in [-0.15, -0.1) is 0 Å². The van der Waals surface area contributed by atoms with Crippen molar-refractivity contribution in [3.8, 4) is 11.4 Å². The molecular weight excluding hydrogens is 506 g/mol. The minimum absolute atomic E-state index is 0.0446. The van der Waals surface area contributed by atoms with E-state index in [0.717, 1.165) is 6.26 Å². The molecule has 2 aliphatic rings. The Labute approximate surface area is 203 Å². The maximum atomic E-state index is 13.5. The van der Waals surface area contributed by atoms with Crippen LogP contribution in [0.4, 0.5) is 5.69 Å². The van der Waals surface area contributed by atoms with E-state index in [4.69, 9.17) is 16.3 Å². The zero-order valence-electron chi connectivity index (χ0n) is 18.8. The van der Waals surface area contributed by atoms with E-state index in [1.54, 1.807) is 24.3 Å². The molecule has 0 aliphatic carbocycles. The maximum Gasteiger partial charge on any atom is 0.316 e. The van der Waals surface area contributed by atoms with E-state index in [2.05, 4.69) is 5.10 Å². The third-order valence-electron chi connectivity index (χ3n) is 5.88. The van der Waals surface area contributed by atoms with Crippen molar-refractivity contribution >= 4 is 37.3 Å². The molecule has 1 aromatic carbocycles. The Morgan fingerprint density at radius 3 is 2.26 bits per heavy atom. The summed E-state index contributed by atoms with van der Waals surface area (Å²) in [5.74, 6) is 0.0446. The van der Waals surface area contributed by atoms with Crippen LogP contribution in [0.25, 0.3) is 5.69 Å². The van der Waals surface area contributed by atoms with Gasteiger partial charge in [0, 0.05) is 37.7 Å². The first-order valence-corrected chi connectivity index (χ1v) is 14.7. The summed E-state index contributed by atoms with van der Waals surface area (Å²) in [5.41, 5.74) is 0.386. The summed E-state index contributed by atoms with van der Waals surface area (Å²) in [4.78, 5) is 15.4. The van der Waals surface area contributed by atoms with E-state index in [1.165, 1.54) is 25.7 Å². The van der Waals surface area contributed by atoms with Gasteiger partial charge in [0.1, 0.15) is 11.8 Å². The summed E-state index contributed by atoms with van der Waals surface area (Å²) in [5, 5.41) is 4.75. The summed E-state index contributed by atoms with van der Waals surface area (Å²) in [6.07, 6.45) is 3.75. The van der Waals surface area contributed by atoms with E-state index in [0.29, 0.717) is 42.5 Å². The van der Waals surface area contributed by atoms with Gasteiger partial charge in [0.25, 0.3) is 0 Å². The Balaban J connectivity index is 1.69. The first-order valence-electron chi connectivity index (χ1n) is 10.6. The average Bonchev–Trinajstić information content (AvgIpc) is 3.24. The normalized spacial score (nSPS) is 20.6. The number of halogens is 1. The third-order valence-corrected chi connectivity index (χ3v) is 8.69. The summed E-state index contributed by atoms with van der Waals surface area (Å²) in [6, 6.07) is 6.67. The van der Waals surface area contributed by atoms with Crippen LogP contribution in [-0.4, -0.2) is 93.1 Å². The molecule has 1 unspecified atom stereocenters. The molecule has 1 aromatic heterocycles. The van der Waals surface area contributed by atoms with Crippen LogP contribution in [0.2, 0.25) is 5.02 Å². The van der Waals surface area contributed by atoms with Crippen LogP contribution < -0.4 is 15.2 Å². The van der Waals surface area contributed by atoms with E-state index in [9.17, 15) is 21.6 Å². The van der Waals surface area contributed by atoms with Crippen LogP contribution in [0, 0.1) is 0 Å². The van der Waals surface area contributed by atoms with E-state index < -0.39 is 31.7 Å². The largest absolute Gasteiger partial charge is 0.481 e. The molecule has 2 aliphatic heterocycles. The van der Waals surface area contributed by atoms with Crippen molar-refractivity contribution in [2.24, 2.45) is 0 Å². The number of hydrogen-bond donors (Lipinski definition) is 0. The zero-order valence-corrected chi connectivity index (χ0v) is 21.2. The fourth-order valence-electron chi connectivity index (χ4n) is 4.08. The number of anilines is 1. The number of sulfonamides is 2. The highest BCUT2D eigenvalue weighted by molar-refractivity contribution is 7.88. The lowest BCUT2D eigenvalue weighted by Gasteiger charge is -2.35. The number of rotatable bonds is 6. The molecular formula is C20H26ClN5O6S2. The summed E-state index contributed by atoms with van der Waals surface area (Å²) >= 11 is 6.09. The second kappa shape index (κ2) is 9.46. The summed E-state index contributed by atoms with van der Waals surface area (Å²) in [7, 11) is -6.69. The van der Waals surface area contributed by atoms with Gasteiger partial charge in [-0.1, -0.05) is 17.7 Å². The van der Waals surface area contributed by atoms with E-state index in [1.807, 2.05) is 4.90 Å². The topological polar surface area (TPSA) is 122 Å². The number of aromatic nitrogens is 2. The molecule has 1 atom stereocenters. The number of piperazine rings is 1. The molecule has 186 valence electrons. The van der Waals surface area contributed by atoms with Gasteiger partial charge < -0.3 is 9.64 Å². The van der Waals surface area contributed by atoms with E-state index >= 15 is 0 Å². The van der Waals surface area contributed by atoms with Gasteiger partial charge in [-0.2, -0.15) is 18.4 Å². The van der Waals surface area contributed by atoms with Gasteiger partial charge >= 0.3 is 5.56 Å². The van der Waals surface area contributed by atoms with Crippen molar-refractivity contribution in [3.63, 3.8) is 0 Å². The maximum absolute atomic E-state index is 13.5. The fraction of sp³-hybridized carbons (Fsp3) is 0.500. The highest BCUT2D eigenvalue weighted by Gasteiger charge is 2.33. The van der Waals surface area contributed by atoms with Crippen LogP contribution >= 0.6 is 11.6 Å². The molecule has 2 fully saturated rings. The molecule has 4 rings (SSSR count). The standard InChI is InChI=1S/C20H26ClN5O6S2/c1-33(28,29)24-10-8-23(9-11-24)18-13-22-26(16-5-3-4-15(21)12-16)20(27)19(18)32-17-6-7-25(14-17)34(2,30)31/h3-5,12-13,17H,6-11,14H2,1-2H3. The van der Waals surface area contributed by atoms with Gasteiger partial charge in [-0.05, 0) is 24.6 Å². The van der Waals surface area contributed by atoms with Crippen LogP contribution in [0.5, 0.6) is 5.75 Å². The number of benzene rings is 1. The Bertz CT molecular complexity index is 1340. The Kier molecular flexibility index (Phi) is 6.93. The molecule has 0 saturated carbocycles. The lowest BCUT2D eigenvalue weighted by Crippen LogP contribution is -2.49. The molecule has 0 bridgehead atoms. The van der Waals surface area contributed by atoms with Crippen molar-refractivity contribution < 1.29 is 21.6 Å². The SMILES string of the molecule is CS(=O)(=O)N1CCN(c2cnn(-c3cccc(Cl)c3)c(=O)c2OC2CCN(S(C)(=O)=O)C2)CC1. The molecule has 2 saturated heterocycles. The molecule has 11 nitrogen and oxygen atoms in total. The zero-order chi connectivity index (χ0) is 24.7. The highest BCUT2D eigenvalue weighted by atomic mass is 35.5. The molecule has 0 spiro atoms. The summed E-state index contributed by atoms with van der Waals surface area (Å²) < 4.78 is 57.6. The third kappa shape index (κ3) is 5.38.